The standard InChI is InChI=1S/C13H17N5O2/c1-2-20-13(19)11-12(10-5-3-7-15-9-10)18(17-16-11)8-4-6-14/h3,5,7,9H,2,4,6,8,14H2,1H3. The van der Waals surface area contributed by atoms with E-state index in [4.69, 9.17) is 10.5 Å². The molecule has 0 aliphatic rings. The van der Waals surface area contributed by atoms with Gasteiger partial charge in [0.2, 0.25) is 0 Å². The Hall–Kier alpha value is -2.28. The fraction of sp³-hybridized carbons (Fsp3) is 0.385. The molecule has 2 aromatic rings. The van der Waals surface area contributed by atoms with Crippen LogP contribution in [0.4, 0.5) is 0 Å². The number of aryl methyl sites for hydroxylation is 1. The summed E-state index contributed by atoms with van der Waals surface area (Å²) in [6.45, 7) is 3.18. The Morgan fingerprint density at radius 1 is 1.50 bits per heavy atom. The van der Waals surface area contributed by atoms with Gasteiger partial charge in [0, 0.05) is 24.5 Å². The Bertz CT molecular complexity index is 567. The van der Waals surface area contributed by atoms with Crippen LogP contribution >= 0.6 is 0 Å². The van der Waals surface area contributed by atoms with Gasteiger partial charge in [-0.25, -0.2) is 9.48 Å². The lowest BCUT2D eigenvalue weighted by atomic mass is 10.1. The molecule has 2 aromatic heterocycles. The molecule has 0 aliphatic carbocycles. The van der Waals surface area contributed by atoms with Crippen molar-refractivity contribution in [2.75, 3.05) is 13.2 Å². The zero-order valence-electron chi connectivity index (χ0n) is 11.3. The minimum atomic E-state index is -0.481. The number of carbonyl (C=O) groups is 1. The molecule has 0 bridgehead atoms. The summed E-state index contributed by atoms with van der Waals surface area (Å²) in [5.74, 6) is -0.481. The number of carbonyl (C=O) groups excluding carboxylic acids is 1. The van der Waals surface area contributed by atoms with Crippen LogP contribution in [0.2, 0.25) is 0 Å². The van der Waals surface area contributed by atoms with Crippen LogP contribution in [0.1, 0.15) is 23.8 Å². The molecule has 7 heteroatoms. The Balaban J connectivity index is 2.43. The Morgan fingerprint density at radius 3 is 3.00 bits per heavy atom. The summed E-state index contributed by atoms with van der Waals surface area (Å²) in [6, 6.07) is 3.65. The first-order chi connectivity index (χ1) is 9.77. The van der Waals surface area contributed by atoms with Crippen LogP contribution in [0.15, 0.2) is 24.5 Å². The molecule has 0 aromatic carbocycles. The lowest BCUT2D eigenvalue weighted by molar-refractivity contribution is 0.0520. The Morgan fingerprint density at radius 2 is 2.35 bits per heavy atom. The fourth-order valence-corrected chi connectivity index (χ4v) is 1.84. The van der Waals surface area contributed by atoms with Crippen molar-refractivity contribution in [2.45, 2.75) is 19.9 Å². The molecule has 0 spiro atoms. The zero-order valence-corrected chi connectivity index (χ0v) is 11.3. The second-order valence-corrected chi connectivity index (χ2v) is 4.11. The number of hydrogen-bond donors (Lipinski definition) is 1. The van der Waals surface area contributed by atoms with Crippen LogP contribution in [0.25, 0.3) is 11.3 Å². The number of pyridine rings is 1. The summed E-state index contributed by atoms with van der Waals surface area (Å²) in [5.41, 5.74) is 7.11. The van der Waals surface area contributed by atoms with Gasteiger partial charge in [-0.1, -0.05) is 5.21 Å². The van der Waals surface area contributed by atoms with Crippen LogP contribution < -0.4 is 5.73 Å². The van der Waals surface area contributed by atoms with E-state index in [0.29, 0.717) is 25.4 Å². The Kier molecular flexibility index (Phi) is 4.78. The maximum Gasteiger partial charge on any atom is 0.361 e. The first-order valence-corrected chi connectivity index (χ1v) is 6.49. The van der Waals surface area contributed by atoms with Gasteiger partial charge in [-0.2, -0.15) is 0 Å². The van der Waals surface area contributed by atoms with E-state index in [-0.39, 0.29) is 5.69 Å². The molecule has 0 atom stereocenters. The van der Waals surface area contributed by atoms with Crippen LogP contribution in [0.5, 0.6) is 0 Å². The van der Waals surface area contributed by atoms with Crippen molar-refractivity contribution in [1.29, 1.82) is 0 Å². The fourth-order valence-electron chi connectivity index (χ4n) is 1.84. The number of aromatic nitrogens is 4. The highest BCUT2D eigenvalue weighted by molar-refractivity contribution is 5.93. The van der Waals surface area contributed by atoms with Crippen molar-refractivity contribution in [2.24, 2.45) is 5.73 Å². The SMILES string of the molecule is CCOC(=O)c1nnn(CCCN)c1-c1cccnc1. The highest BCUT2D eigenvalue weighted by atomic mass is 16.5. The lowest BCUT2D eigenvalue weighted by Crippen LogP contribution is -2.10. The molecule has 0 unspecified atom stereocenters. The zero-order chi connectivity index (χ0) is 14.4. The van der Waals surface area contributed by atoms with Gasteiger partial charge in [-0.3, -0.25) is 4.98 Å². The number of esters is 1. The molecular weight excluding hydrogens is 258 g/mol. The van der Waals surface area contributed by atoms with Gasteiger partial charge < -0.3 is 10.5 Å². The maximum atomic E-state index is 11.9. The number of nitrogens with zero attached hydrogens (tertiary/aromatic N) is 4. The number of ether oxygens (including phenoxy) is 1. The molecule has 2 rings (SSSR count). The predicted molar refractivity (Wildman–Crippen MR) is 72.9 cm³/mol. The van der Waals surface area contributed by atoms with E-state index >= 15 is 0 Å². The maximum absolute atomic E-state index is 11.9. The van der Waals surface area contributed by atoms with E-state index in [9.17, 15) is 4.79 Å². The molecule has 7 nitrogen and oxygen atoms in total. The lowest BCUT2D eigenvalue weighted by Gasteiger charge is -2.07. The van der Waals surface area contributed by atoms with E-state index in [1.807, 2.05) is 6.07 Å². The topological polar surface area (TPSA) is 95.9 Å². The normalized spacial score (nSPS) is 10.5. The van der Waals surface area contributed by atoms with Crippen LogP contribution in [-0.4, -0.2) is 39.1 Å². The van der Waals surface area contributed by atoms with E-state index in [2.05, 4.69) is 15.3 Å². The summed E-state index contributed by atoms with van der Waals surface area (Å²) in [7, 11) is 0. The van der Waals surface area contributed by atoms with Crippen molar-refractivity contribution in [3.05, 3.63) is 30.2 Å². The van der Waals surface area contributed by atoms with Crippen LogP contribution in [0, 0.1) is 0 Å². The van der Waals surface area contributed by atoms with Gasteiger partial charge in [0.1, 0.15) is 5.69 Å². The average Bonchev–Trinajstić information content (AvgIpc) is 2.90. The quantitative estimate of drug-likeness (QED) is 0.786. The first kappa shape index (κ1) is 14.1. The van der Waals surface area contributed by atoms with Gasteiger partial charge in [0.15, 0.2) is 5.69 Å². The van der Waals surface area contributed by atoms with E-state index < -0.39 is 5.97 Å². The van der Waals surface area contributed by atoms with Crippen molar-refractivity contribution in [3.63, 3.8) is 0 Å². The molecule has 0 amide bonds. The molecule has 2 heterocycles. The average molecular weight is 275 g/mol. The van der Waals surface area contributed by atoms with Crippen molar-refractivity contribution in [1.82, 2.24) is 20.0 Å². The third-order valence-electron chi connectivity index (χ3n) is 2.71. The van der Waals surface area contributed by atoms with Crippen LogP contribution in [-0.2, 0) is 11.3 Å². The third kappa shape index (κ3) is 3.00. The summed E-state index contributed by atoms with van der Waals surface area (Å²) in [4.78, 5) is 16.0. The minimum Gasteiger partial charge on any atom is -0.461 e. The monoisotopic (exact) mass is 275 g/mol. The molecule has 0 aliphatic heterocycles. The Labute approximate surface area is 116 Å². The minimum absolute atomic E-state index is 0.205. The second kappa shape index (κ2) is 6.76. The molecule has 0 saturated heterocycles. The molecule has 0 fully saturated rings. The molecule has 0 saturated carbocycles. The smallest absolute Gasteiger partial charge is 0.361 e. The van der Waals surface area contributed by atoms with E-state index in [1.165, 1.54) is 0 Å². The van der Waals surface area contributed by atoms with Crippen molar-refractivity contribution >= 4 is 5.97 Å². The van der Waals surface area contributed by atoms with Crippen molar-refractivity contribution < 1.29 is 9.53 Å². The van der Waals surface area contributed by atoms with Gasteiger partial charge in [0.25, 0.3) is 0 Å². The number of hydrogen-bond acceptors (Lipinski definition) is 6. The second-order valence-electron chi connectivity index (χ2n) is 4.11. The highest BCUT2D eigenvalue weighted by Gasteiger charge is 2.22. The van der Waals surface area contributed by atoms with Gasteiger partial charge in [-0.05, 0) is 32.0 Å². The third-order valence-corrected chi connectivity index (χ3v) is 2.71. The first-order valence-electron chi connectivity index (χ1n) is 6.49. The van der Waals surface area contributed by atoms with Crippen LogP contribution in [0.3, 0.4) is 0 Å². The predicted octanol–water partition coefficient (Wildman–Crippen LogP) is 0.866. The summed E-state index contributed by atoms with van der Waals surface area (Å²) in [6.07, 6.45) is 4.08. The molecular formula is C13H17N5O2. The van der Waals surface area contributed by atoms with E-state index in [0.717, 1.165) is 12.0 Å². The molecule has 0 radical (unpaired) electrons. The molecule has 106 valence electrons. The number of rotatable bonds is 6. The summed E-state index contributed by atoms with van der Waals surface area (Å²) in [5, 5.41) is 7.95. The summed E-state index contributed by atoms with van der Waals surface area (Å²) < 4.78 is 6.67. The molecule has 2 N–H and O–H groups in total. The number of nitrogens with two attached hydrogens (primary N) is 1. The van der Waals surface area contributed by atoms with Gasteiger partial charge in [0.05, 0.1) is 6.61 Å². The largest absolute Gasteiger partial charge is 0.461 e. The summed E-state index contributed by atoms with van der Waals surface area (Å²) >= 11 is 0. The molecule has 20 heavy (non-hydrogen) atoms. The highest BCUT2D eigenvalue weighted by Crippen LogP contribution is 2.22. The van der Waals surface area contributed by atoms with Gasteiger partial charge >= 0.3 is 5.97 Å². The van der Waals surface area contributed by atoms with Crippen molar-refractivity contribution in [3.8, 4) is 11.3 Å². The van der Waals surface area contributed by atoms with E-state index in [1.54, 1.807) is 30.1 Å². The van der Waals surface area contributed by atoms with Gasteiger partial charge in [-0.15, -0.1) is 5.10 Å².